The number of hydrogen-bond acceptors (Lipinski definition) is 2. The van der Waals surface area contributed by atoms with Crippen LogP contribution >= 0.6 is 27.5 Å². The lowest BCUT2D eigenvalue weighted by molar-refractivity contribution is 0.820. The van der Waals surface area contributed by atoms with Gasteiger partial charge in [0.2, 0.25) is 0 Å². The summed E-state index contributed by atoms with van der Waals surface area (Å²) in [6, 6.07) is 2.00. The van der Waals surface area contributed by atoms with Crippen LogP contribution in [0.15, 0.2) is 16.7 Å². The van der Waals surface area contributed by atoms with Crippen molar-refractivity contribution in [1.29, 1.82) is 0 Å². The molecular formula is C12H13BrClN3. The molecule has 0 aliphatic rings. The number of aryl methyl sites for hydroxylation is 2. The summed E-state index contributed by atoms with van der Waals surface area (Å²) < 4.78 is 2.94. The van der Waals surface area contributed by atoms with Crippen molar-refractivity contribution in [3.05, 3.63) is 39.4 Å². The molecule has 0 saturated heterocycles. The van der Waals surface area contributed by atoms with Crippen LogP contribution < -0.4 is 0 Å². The number of pyridine rings is 1. The molecule has 2 aromatic rings. The molecule has 0 fully saturated rings. The van der Waals surface area contributed by atoms with Gasteiger partial charge in [-0.2, -0.15) is 5.10 Å². The number of halogens is 2. The molecule has 90 valence electrons. The third-order valence-electron chi connectivity index (χ3n) is 2.67. The molecule has 0 bridgehead atoms. The average Bonchev–Trinajstić information content (AvgIpc) is 2.57. The summed E-state index contributed by atoms with van der Waals surface area (Å²) in [6.45, 7) is 5.96. The van der Waals surface area contributed by atoms with Gasteiger partial charge < -0.3 is 0 Å². The number of alkyl halides is 1. The van der Waals surface area contributed by atoms with Gasteiger partial charge in [-0.3, -0.25) is 4.98 Å². The quantitative estimate of drug-likeness (QED) is 0.791. The summed E-state index contributed by atoms with van der Waals surface area (Å²) >= 11 is 9.47. The van der Waals surface area contributed by atoms with E-state index in [9.17, 15) is 0 Å². The Morgan fingerprint density at radius 3 is 2.59 bits per heavy atom. The van der Waals surface area contributed by atoms with Gasteiger partial charge in [-0.15, -0.1) is 11.6 Å². The van der Waals surface area contributed by atoms with Gasteiger partial charge in [0, 0.05) is 17.5 Å². The third-order valence-corrected chi connectivity index (χ3v) is 4.11. The van der Waals surface area contributed by atoms with Gasteiger partial charge in [0.15, 0.2) is 0 Å². The maximum Gasteiger partial charge on any atom is 0.0743 e. The molecule has 2 aromatic heterocycles. The molecule has 0 aliphatic carbocycles. The first-order chi connectivity index (χ1) is 8.04. The molecule has 0 aliphatic heterocycles. The Balaban J connectivity index is 2.67. The van der Waals surface area contributed by atoms with E-state index in [0.717, 1.165) is 32.8 Å². The summed E-state index contributed by atoms with van der Waals surface area (Å²) in [6.07, 6.45) is 1.81. The van der Waals surface area contributed by atoms with E-state index >= 15 is 0 Å². The second-order valence-electron chi connectivity index (χ2n) is 3.98. The van der Waals surface area contributed by atoms with Crippen molar-refractivity contribution in [2.45, 2.75) is 26.7 Å². The minimum Gasteiger partial charge on any atom is -0.261 e. The Labute approximate surface area is 114 Å². The predicted molar refractivity (Wildman–Crippen MR) is 72.8 cm³/mol. The van der Waals surface area contributed by atoms with Crippen LogP contribution in [-0.4, -0.2) is 14.8 Å². The highest BCUT2D eigenvalue weighted by molar-refractivity contribution is 9.10. The van der Waals surface area contributed by atoms with Crippen molar-refractivity contribution in [2.24, 2.45) is 0 Å². The largest absolute Gasteiger partial charge is 0.261 e. The van der Waals surface area contributed by atoms with E-state index in [1.165, 1.54) is 0 Å². The molecule has 0 amide bonds. The molecule has 0 radical (unpaired) electrons. The molecule has 0 unspecified atom stereocenters. The molecule has 0 atom stereocenters. The van der Waals surface area contributed by atoms with Crippen LogP contribution in [0.3, 0.4) is 0 Å². The van der Waals surface area contributed by atoms with Crippen molar-refractivity contribution in [3.8, 4) is 5.69 Å². The standard InChI is InChI=1S/C12H13BrClN3/c1-7-4-11(10(5-14)6-15-7)17-9(3)12(13)8(2)16-17/h4,6H,5H2,1-3H3. The van der Waals surface area contributed by atoms with Crippen LogP contribution in [0.5, 0.6) is 0 Å². The van der Waals surface area contributed by atoms with Crippen LogP contribution in [0.1, 0.15) is 22.6 Å². The first kappa shape index (κ1) is 12.6. The highest BCUT2D eigenvalue weighted by Crippen LogP contribution is 2.25. The summed E-state index contributed by atoms with van der Waals surface area (Å²) in [5.74, 6) is 0.429. The molecule has 2 rings (SSSR count). The van der Waals surface area contributed by atoms with Crippen molar-refractivity contribution in [3.63, 3.8) is 0 Å². The molecule has 2 heterocycles. The molecule has 17 heavy (non-hydrogen) atoms. The number of aromatic nitrogens is 3. The topological polar surface area (TPSA) is 30.7 Å². The average molecular weight is 315 g/mol. The molecule has 0 N–H and O–H groups in total. The number of nitrogens with zero attached hydrogens (tertiary/aromatic N) is 3. The maximum atomic E-state index is 5.94. The van der Waals surface area contributed by atoms with Gasteiger partial charge in [-0.1, -0.05) is 0 Å². The fourth-order valence-corrected chi connectivity index (χ4v) is 2.19. The lowest BCUT2D eigenvalue weighted by Gasteiger charge is -2.09. The molecule has 0 spiro atoms. The summed E-state index contributed by atoms with van der Waals surface area (Å²) in [5.41, 5.74) is 4.98. The van der Waals surface area contributed by atoms with Crippen LogP contribution in [0, 0.1) is 20.8 Å². The molecule has 3 nitrogen and oxygen atoms in total. The predicted octanol–water partition coefficient (Wildman–Crippen LogP) is 3.69. The van der Waals surface area contributed by atoms with Crippen LogP contribution in [0.2, 0.25) is 0 Å². The third kappa shape index (κ3) is 2.24. The van der Waals surface area contributed by atoms with Crippen molar-refractivity contribution in [1.82, 2.24) is 14.8 Å². The van der Waals surface area contributed by atoms with Gasteiger partial charge >= 0.3 is 0 Å². The van der Waals surface area contributed by atoms with E-state index < -0.39 is 0 Å². The Morgan fingerprint density at radius 2 is 2.06 bits per heavy atom. The second-order valence-corrected chi connectivity index (χ2v) is 5.04. The minimum absolute atomic E-state index is 0.429. The van der Waals surface area contributed by atoms with Gasteiger partial charge in [0.25, 0.3) is 0 Å². The first-order valence-electron chi connectivity index (χ1n) is 5.28. The summed E-state index contributed by atoms with van der Waals surface area (Å²) in [7, 11) is 0. The zero-order valence-corrected chi connectivity index (χ0v) is 12.3. The van der Waals surface area contributed by atoms with Gasteiger partial charge in [-0.25, -0.2) is 4.68 Å². The highest BCUT2D eigenvalue weighted by atomic mass is 79.9. The van der Waals surface area contributed by atoms with E-state index in [-0.39, 0.29) is 0 Å². The Kier molecular flexibility index (Phi) is 3.54. The van der Waals surface area contributed by atoms with Crippen molar-refractivity contribution >= 4 is 27.5 Å². The zero-order valence-electron chi connectivity index (χ0n) is 9.96. The van der Waals surface area contributed by atoms with E-state index in [1.54, 1.807) is 0 Å². The molecular weight excluding hydrogens is 302 g/mol. The second kappa shape index (κ2) is 4.78. The molecule has 5 heteroatoms. The van der Waals surface area contributed by atoms with E-state index in [1.807, 2.05) is 37.7 Å². The SMILES string of the molecule is Cc1cc(-n2nc(C)c(Br)c2C)c(CCl)cn1. The number of hydrogen-bond donors (Lipinski definition) is 0. The lowest BCUT2D eigenvalue weighted by Crippen LogP contribution is -2.04. The number of rotatable bonds is 2. The van der Waals surface area contributed by atoms with Crippen LogP contribution in [0.4, 0.5) is 0 Å². The molecule has 0 aromatic carbocycles. The molecule has 0 saturated carbocycles. The van der Waals surface area contributed by atoms with Gasteiger partial charge in [0.1, 0.15) is 0 Å². The summed E-state index contributed by atoms with van der Waals surface area (Å²) in [5, 5.41) is 4.51. The normalized spacial score (nSPS) is 10.9. The van der Waals surface area contributed by atoms with E-state index in [0.29, 0.717) is 5.88 Å². The lowest BCUT2D eigenvalue weighted by atomic mass is 10.2. The fourth-order valence-electron chi connectivity index (χ4n) is 1.73. The van der Waals surface area contributed by atoms with Gasteiger partial charge in [-0.05, 0) is 42.8 Å². The fraction of sp³-hybridized carbons (Fsp3) is 0.333. The van der Waals surface area contributed by atoms with E-state index in [4.69, 9.17) is 11.6 Å². The maximum absolute atomic E-state index is 5.94. The highest BCUT2D eigenvalue weighted by Gasteiger charge is 2.13. The zero-order chi connectivity index (χ0) is 12.6. The van der Waals surface area contributed by atoms with Crippen LogP contribution in [0.25, 0.3) is 5.69 Å². The van der Waals surface area contributed by atoms with Gasteiger partial charge in [0.05, 0.1) is 27.4 Å². The van der Waals surface area contributed by atoms with Crippen molar-refractivity contribution in [2.75, 3.05) is 0 Å². The summed E-state index contributed by atoms with van der Waals surface area (Å²) in [4.78, 5) is 4.26. The first-order valence-corrected chi connectivity index (χ1v) is 6.61. The Bertz CT molecular complexity index is 563. The van der Waals surface area contributed by atoms with E-state index in [2.05, 4.69) is 26.0 Å². The van der Waals surface area contributed by atoms with Crippen molar-refractivity contribution < 1.29 is 0 Å². The minimum atomic E-state index is 0.429. The Hall–Kier alpha value is -0.870. The Morgan fingerprint density at radius 1 is 1.35 bits per heavy atom. The smallest absolute Gasteiger partial charge is 0.0743 e. The monoisotopic (exact) mass is 313 g/mol. The van der Waals surface area contributed by atoms with Crippen LogP contribution in [-0.2, 0) is 5.88 Å².